The molecule has 0 saturated carbocycles. The lowest BCUT2D eigenvalue weighted by Gasteiger charge is -2.30. The molecule has 1 saturated heterocycles. The molecular weight excluding hydrogens is 394 g/mol. The molecule has 1 rings (SSSR count). The Kier molecular flexibility index (Phi) is 9.70. The predicted molar refractivity (Wildman–Crippen MR) is 108 cm³/mol. The van der Waals surface area contributed by atoms with Gasteiger partial charge in [-0.2, -0.15) is 0 Å². The first kappa shape index (κ1) is 25.3. The lowest BCUT2D eigenvalue weighted by Crippen LogP contribution is -2.57. The summed E-state index contributed by atoms with van der Waals surface area (Å²) < 4.78 is 0. The van der Waals surface area contributed by atoms with Crippen LogP contribution < -0.4 is 22.1 Å². The van der Waals surface area contributed by atoms with Crippen molar-refractivity contribution in [3.8, 4) is 0 Å². The normalized spacial score (nSPS) is 20.0. The number of carboxylic acid groups (broad SMARTS) is 1. The molecule has 11 heteroatoms. The first-order valence-corrected chi connectivity index (χ1v) is 10.2. The topological polar surface area (TPSA) is 185 Å². The molecule has 30 heavy (non-hydrogen) atoms. The van der Waals surface area contributed by atoms with E-state index < -0.39 is 47.9 Å². The first-order chi connectivity index (χ1) is 14.0. The summed E-state index contributed by atoms with van der Waals surface area (Å²) >= 11 is 0. The van der Waals surface area contributed by atoms with E-state index in [0.717, 1.165) is 0 Å². The Morgan fingerprint density at radius 3 is 2.33 bits per heavy atom. The summed E-state index contributed by atoms with van der Waals surface area (Å²) in [5.41, 5.74) is 11.2. The summed E-state index contributed by atoms with van der Waals surface area (Å²) in [6.45, 7) is 5.45. The molecule has 1 aliphatic heterocycles. The molecule has 4 amide bonds. The highest BCUT2D eigenvalue weighted by atomic mass is 16.4. The molecule has 0 spiro atoms. The van der Waals surface area contributed by atoms with Crippen molar-refractivity contribution in [2.75, 3.05) is 6.54 Å². The fourth-order valence-electron chi connectivity index (χ4n) is 3.19. The highest BCUT2D eigenvalue weighted by Gasteiger charge is 2.38. The van der Waals surface area contributed by atoms with E-state index in [-0.39, 0.29) is 24.7 Å². The van der Waals surface area contributed by atoms with Gasteiger partial charge in [-0.05, 0) is 32.1 Å². The molecule has 5 atom stereocenters. The van der Waals surface area contributed by atoms with Crippen molar-refractivity contribution in [3.05, 3.63) is 0 Å². The molecule has 0 aromatic rings. The van der Waals surface area contributed by atoms with Crippen LogP contribution in [0.4, 0.5) is 0 Å². The second-order valence-electron chi connectivity index (χ2n) is 7.74. The van der Waals surface area contributed by atoms with E-state index in [4.69, 9.17) is 16.6 Å². The summed E-state index contributed by atoms with van der Waals surface area (Å²) in [7, 11) is 0. The Bertz CT molecular complexity index is 670. The van der Waals surface area contributed by atoms with E-state index in [1.807, 2.05) is 13.8 Å². The van der Waals surface area contributed by atoms with Gasteiger partial charge in [0.2, 0.25) is 23.6 Å². The van der Waals surface area contributed by atoms with Gasteiger partial charge in [-0.15, -0.1) is 0 Å². The van der Waals surface area contributed by atoms with Crippen LogP contribution in [-0.2, 0) is 24.0 Å². The average molecular weight is 428 g/mol. The van der Waals surface area contributed by atoms with Crippen molar-refractivity contribution in [2.45, 2.75) is 77.0 Å². The number of primary amides is 1. The maximum Gasteiger partial charge on any atom is 0.325 e. The van der Waals surface area contributed by atoms with Crippen molar-refractivity contribution in [1.29, 1.82) is 0 Å². The highest BCUT2D eigenvalue weighted by molar-refractivity contribution is 5.94. The average Bonchev–Trinajstić information content (AvgIpc) is 3.18. The molecule has 0 aromatic carbocycles. The molecule has 1 aliphatic rings. The number of nitrogens with one attached hydrogen (secondary N) is 2. The zero-order valence-electron chi connectivity index (χ0n) is 17.7. The Balaban J connectivity index is 2.90. The largest absolute Gasteiger partial charge is 0.480 e. The van der Waals surface area contributed by atoms with Crippen molar-refractivity contribution in [3.63, 3.8) is 0 Å². The molecule has 170 valence electrons. The summed E-state index contributed by atoms with van der Waals surface area (Å²) in [4.78, 5) is 61.5. The quantitative estimate of drug-likeness (QED) is 0.271. The van der Waals surface area contributed by atoms with Crippen LogP contribution in [0.3, 0.4) is 0 Å². The number of carbonyl (C=O) groups excluding carboxylic acids is 4. The van der Waals surface area contributed by atoms with Crippen LogP contribution in [0.5, 0.6) is 0 Å². The molecule has 1 fully saturated rings. The van der Waals surface area contributed by atoms with E-state index in [0.29, 0.717) is 25.8 Å². The number of hydrogen-bond donors (Lipinski definition) is 5. The van der Waals surface area contributed by atoms with E-state index >= 15 is 0 Å². The molecule has 0 aliphatic carbocycles. The van der Waals surface area contributed by atoms with Crippen molar-refractivity contribution in [2.24, 2.45) is 17.4 Å². The van der Waals surface area contributed by atoms with Gasteiger partial charge in [0.25, 0.3) is 0 Å². The van der Waals surface area contributed by atoms with Gasteiger partial charge in [-0.1, -0.05) is 20.3 Å². The fourth-order valence-corrected chi connectivity index (χ4v) is 3.19. The van der Waals surface area contributed by atoms with Gasteiger partial charge < -0.3 is 32.1 Å². The molecular formula is C19H33N5O6. The van der Waals surface area contributed by atoms with E-state index in [9.17, 15) is 24.0 Å². The molecule has 5 unspecified atom stereocenters. The van der Waals surface area contributed by atoms with Gasteiger partial charge in [0.1, 0.15) is 18.1 Å². The fraction of sp³-hybridized carbons (Fsp3) is 0.737. The molecule has 0 radical (unpaired) electrons. The maximum absolute atomic E-state index is 12.8. The standard InChI is InChI=1S/C19H33N5O6/c1-4-10(2)15(21)18(28)24-9-5-6-13(24)17(27)23-12(7-8-14(20)25)16(26)22-11(3)19(29)30/h10-13,15H,4-9,21H2,1-3H3,(H2,20,25)(H,22,26)(H,23,27)(H,29,30). The third kappa shape index (κ3) is 6.97. The minimum absolute atomic E-state index is 0.0478. The van der Waals surface area contributed by atoms with E-state index in [2.05, 4.69) is 10.6 Å². The Labute approximate surface area is 175 Å². The van der Waals surface area contributed by atoms with Gasteiger partial charge in [0.05, 0.1) is 6.04 Å². The predicted octanol–water partition coefficient (Wildman–Crippen LogP) is -1.31. The number of nitrogens with two attached hydrogens (primary N) is 2. The monoisotopic (exact) mass is 427 g/mol. The minimum atomic E-state index is -1.24. The van der Waals surface area contributed by atoms with Crippen molar-refractivity contribution in [1.82, 2.24) is 15.5 Å². The van der Waals surface area contributed by atoms with Crippen LogP contribution in [-0.4, -0.2) is 70.3 Å². The number of aliphatic carboxylic acids is 1. The van der Waals surface area contributed by atoms with Crippen LogP contribution in [0.25, 0.3) is 0 Å². The van der Waals surface area contributed by atoms with Gasteiger partial charge in [-0.3, -0.25) is 24.0 Å². The molecule has 0 aromatic heterocycles. The molecule has 7 N–H and O–H groups in total. The maximum atomic E-state index is 12.8. The summed E-state index contributed by atoms with van der Waals surface area (Å²) in [6.07, 6.45) is 1.48. The van der Waals surface area contributed by atoms with Crippen molar-refractivity contribution < 1.29 is 29.1 Å². The zero-order valence-corrected chi connectivity index (χ0v) is 17.7. The SMILES string of the molecule is CCC(C)C(N)C(=O)N1CCCC1C(=O)NC(CCC(N)=O)C(=O)NC(C)C(=O)O. The number of likely N-dealkylation sites (tertiary alicyclic amines) is 1. The van der Waals surface area contributed by atoms with E-state index in [1.165, 1.54) is 11.8 Å². The number of amides is 4. The number of carboxylic acids is 1. The number of carbonyl (C=O) groups is 5. The Morgan fingerprint density at radius 1 is 1.17 bits per heavy atom. The van der Waals surface area contributed by atoms with Gasteiger partial charge >= 0.3 is 5.97 Å². The minimum Gasteiger partial charge on any atom is -0.480 e. The second-order valence-corrected chi connectivity index (χ2v) is 7.74. The highest BCUT2D eigenvalue weighted by Crippen LogP contribution is 2.21. The summed E-state index contributed by atoms with van der Waals surface area (Å²) in [5, 5.41) is 13.8. The van der Waals surface area contributed by atoms with E-state index in [1.54, 1.807) is 0 Å². The van der Waals surface area contributed by atoms with Crippen LogP contribution in [0.2, 0.25) is 0 Å². The van der Waals surface area contributed by atoms with Crippen LogP contribution in [0, 0.1) is 5.92 Å². The van der Waals surface area contributed by atoms with Crippen LogP contribution in [0.1, 0.15) is 52.9 Å². The third-order valence-electron chi connectivity index (χ3n) is 5.42. The number of rotatable bonds is 11. The summed E-state index contributed by atoms with van der Waals surface area (Å²) in [6, 6.07) is -3.85. The Morgan fingerprint density at radius 2 is 1.80 bits per heavy atom. The summed E-state index contributed by atoms with van der Waals surface area (Å²) in [5.74, 6) is -3.56. The Hall–Kier alpha value is -2.69. The van der Waals surface area contributed by atoms with Gasteiger partial charge in [-0.25, -0.2) is 0 Å². The zero-order chi connectivity index (χ0) is 23.0. The number of hydrogen-bond acceptors (Lipinski definition) is 6. The molecule has 11 nitrogen and oxygen atoms in total. The lowest BCUT2D eigenvalue weighted by atomic mass is 9.98. The first-order valence-electron chi connectivity index (χ1n) is 10.2. The van der Waals surface area contributed by atoms with Crippen LogP contribution >= 0.6 is 0 Å². The lowest BCUT2D eigenvalue weighted by molar-refractivity contribution is -0.143. The molecule has 0 bridgehead atoms. The van der Waals surface area contributed by atoms with Gasteiger partial charge in [0, 0.05) is 13.0 Å². The van der Waals surface area contributed by atoms with Crippen molar-refractivity contribution >= 4 is 29.6 Å². The second kappa shape index (κ2) is 11.5. The number of nitrogens with zero attached hydrogens (tertiary/aromatic N) is 1. The third-order valence-corrected chi connectivity index (χ3v) is 5.42. The molecule has 1 heterocycles. The van der Waals surface area contributed by atoms with Crippen LogP contribution in [0.15, 0.2) is 0 Å². The van der Waals surface area contributed by atoms with Gasteiger partial charge in [0.15, 0.2) is 0 Å². The smallest absolute Gasteiger partial charge is 0.325 e.